The van der Waals surface area contributed by atoms with Gasteiger partial charge in [0.25, 0.3) is 0 Å². The van der Waals surface area contributed by atoms with Gasteiger partial charge in [0.15, 0.2) is 0 Å². The lowest BCUT2D eigenvalue weighted by atomic mass is 10.2. The van der Waals surface area contributed by atoms with Gasteiger partial charge in [0.05, 0.1) is 6.61 Å². The molecule has 1 N–H and O–H groups in total. The first-order valence-electron chi connectivity index (χ1n) is 9.81. The highest BCUT2D eigenvalue weighted by molar-refractivity contribution is 5.66. The van der Waals surface area contributed by atoms with Gasteiger partial charge in [-0.2, -0.15) is 0 Å². The van der Waals surface area contributed by atoms with Crippen LogP contribution in [0.4, 0.5) is 4.79 Å². The van der Waals surface area contributed by atoms with Gasteiger partial charge in [-0.05, 0) is 51.9 Å². The molecule has 0 bridgehead atoms. The Labute approximate surface area is 154 Å². The fourth-order valence-electron chi connectivity index (χ4n) is 2.15. The Morgan fingerprint density at radius 1 is 0.760 bits per heavy atom. The average Bonchev–Trinajstić information content (AvgIpc) is 2.61. The minimum atomic E-state index is -0.325. The van der Waals surface area contributed by atoms with Gasteiger partial charge in [0.2, 0.25) is 0 Å². The van der Waals surface area contributed by atoms with E-state index in [1.807, 2.05) is 0 Å². The van der Waals surface area contributed by atoms with E-state index in [4.69, 9.17) is 4.74 Å². The summed E-state index contributed by atoms with van der Waals surface area (Å²) in [5, 5.41) is 2.71. The van der Waals surface area contributed by atoms with E-state index in [2.05, 4.69) is 60.8 Å². The second-order valence-electron chi connectivity index (χ2n) is 5.88. The number of carbonyl (C=O) groups excluding carboxylic acids is 1. The standard InChI is InChI=1S/C22H37NO2/c1-3-5-6-7-8-9-10-11-12-13-14-15-16-17-18-19-20-21-23-22(24)25-4-2/h8-9,11-12,14-15,17-18H,3-7,10,13,16,19-21H2,1-2H3,(H,23,24)/b9-8-,12-11-,15-14-,18-17-. The molecule has 3 nitrogen and oxygen atoms in total. The maximum absolute atomic E-state index is 11.0. The highest BCUT2D eigenvalue weighted by atomic mass is 16.5. The van der Waals surface area contributed by atoms with E-state index in [9.17, 15) is 4.79 Å². The van der Waals surface area contributed by atoms with Gasteiger partial charge < -0.3 is 10.1 Å². The predicted molar refractivity (Wildman–Crippen MR) is 109 cm³/mol. The van der Waals surface area contributed by atoms with E-state index in [1.54, 1.807) is 6.92 Å². The van der Waals surface area contributed by atoms with Gasteiger partial charge in [-0.1, -0.05) is 68.4 Å². The molecule has 0 aromatic heterocycles. The molecular weight excluding hydrogens is 310 g/mol. The van der Waals surface area contributed by atoms with Crippen molar-refractivity contribution in [2.24, 2.45) is 0 Å². The number of rotatable bonds is 15. The van der Waals surface area contributed by atoms with E-state index in [-0.39, 0.29) is 6.09 Å². The highest BCUT2D eigenvalue weighted by Crippen LogP contribution is 2.01. The summed E-state index contributed by atoms with van der Waals surface area (Å²) in [7, 11) is 0. The third kappa shape index (κ3) is 20.2. The number of allylic oxidation sites excluding steroid dienone is 8. The smallest absolute Gasteiger partial charge is 0.407 e. The fraction of sp³-hybridized carbons (Fsp3) is 0.591. The minimum absolute atomic E-state index is 0.325. The Morgan fingerprint density at radius 2 is 1.28 bits per heavy atom. The van der Waals surface area contributed by atoms with Gasteiger partial charge in [0, 0.05) is 6.54 Å². The molecule has 0 radical (unpaired) electrons. The lowest BCUT2D eigenvalue weighted by Gasteiger charge is -2.02. The molecule has 0 aromatic carbocycles. The molecule has 0 aromatic rings. The van der Waals surface area contributed by atoms with Crippen LogP contribution in [-0.2, 0) is 4.74 Å². The second kappa shape index (κ2) is 20.3. The number of ether oxygens (including phenoxy) is 1. The van der Waals surface area contributed by atoms with E-state index in [0.717, 1.165) is 32.1 Å². The van der Waals surface area contributed by atoms with Crippen molar-refractivity contribution in [3.8, 4) is 0 Å². The third-order valence-electron chi connectivity index (χ3n) is 3.55. The van der Waals surface area contributed by atoms with Crippen molar-refractivity contribution in [2.75, 3.05) is 13.2 Å². The van der Waals surface area contributed by atoms with Crippen LogP contribution in [0, 0.1) is 0 Å². The number of amides is 1. The molecule has 0 saturated carbocycles. The van der Waals surface area contributed by atoms with Gasteiger partial charge in [0.1, 0.15) is 0 Å². The molecule has 0 unspecified atom stereocenters. The molecule has 0 fully saturated rings. The van der Waals surface area contributed by atoms with Gasteiger partial charge in [-0.25, -0.2) is 4.79 Å². The molecule has 0 aliphatic rings. The van der Waals surface area contributed by atoms with Crippen molar-refractivity contribution in [3.05, 3.63) is 48.6 Å². The maximum atomic E-state index is 11.0. The van der Waals surface area contributed by atoms with Crippen LogP contribution in [0.3, 0.4) is 0 Å². The van der Waals surface area contributed by atoms with Crippen LogP contribution in [0.2, 0.25) is 0 Å². The summed E-state index contributed by atoms with van der Waals surface area (Å²) in [6.45, 7) is 5.13. The first kappa shape index (κ1) is 23.2. The summed E-state index contributed by atoms with van der Waals surface area (Å²) < 4.78 is 4.79. The number of carbonyl (C=O) groups is 1. The SMILES string of the molecule is CCCCC/C=C\C/C=C\C/C=C\C/C=C\CCCNC(=O)OCC. The summed E-state index contributed by atoms with van der Waals surface area (Å²) in [6, 6.07) is 0. The average molecular weight is 348 g/mol. The molecule has 0 heterocycles. The molecule has 0 aliphatic heterocycles. The molecule has 25 heavy (non-hydrogen) atoms. The largest absolute Gasteiger partial charge is 0.450 e. The van der Waals surface area contributed by atoms with E-state index in [0.29, 0.717) is 13.2 Å². The summed E-state index contributed by atoms with van der Waals surface area (Å²) in [6.07, 6.45) is 27.5. The topological polar surface area (TPSA) is 38.3 Å². The molecule has 142 valence electrons. The van der Waals surface area contributed by atoms with Crippen LogP contribution in [0.15, 0.2) is 48.6 Å². The van der Waals surface area contributed by atoms with E-state index < -0.39 is 0 Å². The zero-order valence-electron chi connectivity index (χ0n) is 16.2. The molecular formula is C22H37NO2. The maximum Gasteiger partial charge on any atom is 0.407 e. The van der Waals surface area contributed by atoms with Crippen molar-refractivity contribution in [3.63, 3.8) is 0 Å². The minimum Gasteiger partial charge on any atom is -0.450 e. The molecule has 0 aliphatic carbocycles. The molecule has 3 heteroatoms. The number of unbranched alkanes of at least 4 members (excludes halogenated alkanes) is 4. The Bertz CT molecular complexity index is 408. The van der Waals surface area contributed by atoms with Crippen LogP contribution in [0.25, 0.3) is 0 Å². The van der Waals surface area contributed by atoms with Crippen molar-refractivity contribution in [1.29, 1.82) is 0 Å². The predicted octanol–water partition coefficient (Wildman–Crippen LogP) is 6.49. The quantitative estimate of drug-likeness (QED) is 0.272. The fourth-order valence-corrected chi connectivity index (χ4v) is 2.15. The Balaban J connectivity index is 3.41. The molecule has 0 spiro atoms. The summed E-state index contributed by atoms with van der Waals surface area (Å²) in [4.78, 5) is 11.0. The molecule has 1 amide bonds. The van der Waals surface area contributed by atoms with Crippen molar-refractivity contribution in [2.45, 2.75) is 71.6 Å². The zero-order chi connectivity index (χ0) is 18.4. The summed E-state index contributed by atoms with van der Waals surface area (Å²) in [5.74, 6) is 0. The van der Waals surface area contributed by atoms with Crippen LogP contribution >= 0.6 is 0 Å². The first-order valence-corrected chi connectivity index (χ1v) is 9.81. The molecule has 0 saturated heterocycles. The van der Waals surface area contributed by atoms with Crippen molar-refractivity contribution in [1.82, 2.24) is 5.32 Å². The zero-order valence-corrected chi connectivity index (χ0v) is 16.2. The first-order chi connectivity index (χ1) is 12.3. The number of alkyl carbamates (subject to hydrolysis) is 1. The number of hydrogen-bond donors (Lipinski definition) is 1. The van der Waals surface area contributed by atoms with Crippen LogP contribution < -0.4 is 5.32 Å². The van der Waals surface area contributed by atoms with E-state index in [1.165, 1.54) is 25.7 Å². The second-order valence-corrected chi connectivity index (χ2v) is 5.88. The Kier molecular flexibility index (Phi) is 18.8. The lowest BCUT2D eigenvalue weighted by Crippen LogP contribution is -2.25. The Hall–Kier alpha value is -1.77. The lowest BCUT2D eigenvalue weighted by molar-refractivity contribution is 0.152. The third-order valence-corrected chi connectivity index (χ3v) is 3.55. The van der Waals surface area contributed by atoms with Gasteiger partial charge in [-0.15, -0.1) is 0 Å². The number of nitrogens with one attached hydrogen (secondary N) is 1. The normalized spacial score (nSPS) is 12.1. The Morgan fingerprint density at radius 3 is 1.80 bits per heavy atom. The highest BCUT2D eigenvalue weighted by Gasteiger charge is 1.96. The summed E-state index contributed by atoms with van der Waals surface area (Å²) in [5.41, 5.74) is 0. The van der Waals surface area contributed by atoms with Gasteiger partial charge in [-0.3, -0.25) is 0 Å². The van der Waals surface area contributed by atoms with Crippen molar-refractivity contribution < 1.29 is 9.53 Å². The van der Waals surface area contributed by atoms with Crippen molar-refractivity contribution >= 4 is 6.09 Å². The van der Waals surface area contributed by atoms with Gasteiger partial charge >= 0.3 is 6.09 Å². The number of hydrogen-bond acceptors (Lipinski definition) is 2. The monoisotopic (exact) mass is 347 g/mol. The summed E-state index contributed by atoms with van der Waals surface area (Å²) >= 11 is 0. The molecule has 0 atom stereocenters. The van der Waals surface area contributed by atoms with Crippen LogP contribution in [-0.4, -0.2) is 19.2 Å². The van der Waals surface area contributed by atoms with Crippen LogP contribution in [0.1, 0.15) is 71.6 Å². The van der Waals surface area contributed by atoms with Crippen LogP contribution in [0.5, 0.6) is 0 Å². The van der Waals surface area contributed by atoms with E-state index >= 15 is 0 Å². The molecule has 0 rings (SSSR count).